The molecule has 6 nitrogen and oxygen atoms in total. The van der Waals surface area contributed by atoms with Crippen LogP contribution in [0.15, 0.2) is 24.3 Å². The van der Waals surface area contributed by atoms with Crippen LogP contribution >= 0.6 is 0 Å². The van der Waals surface area contributed by atoms with Crippen LogP contribution in [0.5, 0.6) is 0 Å². The first-order valence-corrected chi connectivity index (χ1v) is 6.46. The second-order valence-electron chi connectivity index (χ2n) is 4.93. The first-order chi connectivity index (χ1) is 9.40. The molecule has 5 N–H and O–H groups in total. The monoisotopic (exact) mass is 279 g/mol. The number of nitrogen functional groups attached to an aromatic ring is 1. The van der Waals surface area contributed by atoms with Crippen molar-refractivity contribution in [2.75, 3.05) is 18.9 Å². The Morgan fingerprint density at radius 2 is 1.90 bits per heavy atom. The number of amides is 2. The average molecular weight is 279 g/mol. The summed E-state index contributed by atoms with van der Waals surface area (Å²) < 4.78 is 0. The number of nitrogens with two attached hydrogens (primary N) is 1. The number of aliphatic hydroxyl groups is 1. The van der Waals surface area contributed by atoms with Crippen LogP contribution in [0.2, 0.25) is 0 Å². The van der Waals surface area contributed by atoms with E-state index < -0.39 is 5.54 Å². The zero-order valence-electron chi connectivity index (χ0n) is 11.8. The third kappa shape index (κ3) is 4.55. The molecule has 1 aromatic carbocycles. The predicted octanol–water partition coefficient (Wildman–Crippen LogP) is 0.276. The third-order valence-electron chi connectivity index (χ3n) is 3.15. The maximum atomic E-state index is 11.8. The Labute approximate surface area is 118 Å². The largest absolute Gasteiger partial charge is 0.399 e. The first-order valence-electron chi connectivity index (χ1n) is 6.46. The van der Waals surface area contributed by atoms with E-state index in [-0.39, 0.29) is 25.0 Å². The number of hydrogen-bond donors (Lipinski definition) is 4. The van der Waals surface area contributed by atoms with E-state index >= 15 is 0 Å². The fourth-order valence-corrected chi connectivity index (χ4v) is 1.52. The molecule has 1 aromatic rings. The predicted molar refractivity (Wildman–Crippen MR) is 77.1 cm³/mol. The van der Waals surface area contributed by atoms with E-state index in [9.17, 15) is 14.7 Å². The summed E-state index contributed by atoms with van der Waals surface area (Å²) in [4.78, 5) is 23.5. The van der Waals surface area contributed by atoms with Gasteiger partial charge in [0, 0.05) is 11.3 Å². The highest BCUT2D eigenvalue weighted by Crippen LogP contribution is 2.07. The molecule has 0 spiro atoms. The average Bonchev–Trinajstić information content (AvgIpc) is 2.45. The van der Waals surface area contributed by atoms with Gasteiger partial charge in [0.2, 0.25) is 5.91 Å². The van der Waals surface area contributed by atoms with Crippen LogP contribution in [0.1, 0.15) is 30.6 Å². The number of carbonyl (C=O) groups is 2. The van der Waals surface area contributed by atoms with E-state index in [4.69, 9.17) is 5.73 Å². The number of nitrogens with one attached hydrogen (secondary N) is 2. The molecular formula is C14H21N3O3. The van der Waals surface area contributed by atoms with Crippen LogP contribution in [0.4, 0.5) is 5.69 Å². The SMILES string of the molecule is CCC(C)(CO)NC(=O)CNC(=O)c1ccc(N)cc1. The number of aliphatic hydroxyl groups excluding tert-OH is 1. The van der Waals surface area contributed by atoms with Crippen molar-refractivity contribution in [3.63, 3.8) is 0 Å². The van der Waals surface area contributed by atoms with E-state index in [2.05, 4.69) is 10.6 Å². The molecule has 0 radical (unpaired) electrons. The van der Waals surface area contributed by atoms with Gasteiger partial charge in [-0.05, 0) is 37.6 Å². The summed E-state index contributed by atoms with van der Waals surface area (Å²) in [7, 11) is 0. The number of rotatable bonds is 6. The van der Waals surface area contributed by atoms with Crippen molar-refractivity contribution < 1.29 is 14.7 Å². The highest BCUT2D eigenvalue weighted by atomic mass is 16.3. The molecule has 1 atom stereocenters. The van der Waals surface area contributed by atoms with Gasteiger partial charge in [-0.2, -0.15) is 0 Å². The molecule has 20 heavy (non-hydrogen) atoms. The number of anilines is 1. The van der Waals surface area contributed by atoms with Gasteiger partial charge in [-0.25, -0.2) is 0 Å². The zero-order chi connectivity index (χ0) is 15.2. The van der Waals surface area contributed by atoms with E-state index in [1.807, 2.05) is 6.92 Å². The standard InChI is InChI=1S/C14H21N3O3/c1-3-14(2,9-18)17-12(19)8-16-13(20)10-4-6-11(15)7-5-10/h4-7,18H,3,8-9,15H2,1-2H3,(H,16,20)(H,17,19). The van der Waals surface area contributed by atoms with Gasteiger partial charge in [0.15, 0.2) is 0 Å². The van der Waals surface area contributed by atoms with Crippen LogP contribution in [-0.2, 0) is 4.79 Å². The Kier molecular flexibility index (Phi) is 5.52. The molecule has 0 fully saturated rings. The molecule has 2 amide bonds. The smallest absolute Gasteiger partial charge is 0.251 e. The molecule has 0 heterocycles. The summed E-state index contributed by atoms with van der Waals surface area (Å²) in [6.07, 6.45) is 0.598. The molecule has 6 heteroatoms. The van der Waals surface area contributed by atoms with Gasteiger partial charge in [-0.15, -0.1) is 0 Å². The van der Waals surface area contributed by atoms with Crippen molar-refractivity contribution in [3.05, 3.63) is 29.8 Å². The molecule has 0 aliphatic rings. The van der Waals surface area contributed by atoms with Crippen molar-refractivity contribution in [3.8, 4) is 0 Å². The highest BCUT2D eigenvalue weighted by Gasteiger charge is 2.23. The van der Waals surface area contributed by atoms with Gasteiger partial charge >= 0.3 is 0 Å². The Balaban J connectivity index is 2.49. The summed E-state index contributed by atoms with van der Waals surface area (Å²) in [5.41, 5.74) is 5.87. The fraction of sp³-hybridized carbons (Fsp3) is 0.429. The molecule has 1 unspecified atom stereocenters. The Morgan fingerprint density at radius 3 is 2.40 bits per heavy atom. The molecule has 0 saturated heterocycles. The van der Waals surface area contributed by atoms with E-state index in [0.717, 1.165) is 0 Å². The Hall–Kier alpha value is -2.08. The van der Waals surface area contributed by atoms with E-state index in [1.165, 1.54) is 0 Å². The fourth-order valence-electron chi connectivity index (χ4n) is 1.52. The third-order valence-corrected chi connectivity index (χ3v) is 3.15. The van der Waals surface area contributed by atoms with Crippen molar-refractivity contribution in [1.82, 2.24) is 10.6 Å². The van der Waals surface area contributed by atoms with Crippen molar-refractivity contribution in [2.24, 2.45) is 0 Å². The second-order valence-corrected chi connectivity index (χ2v) is 4.93. The van der Waals surface area contributed by atoms with Crippen LogP contribution in [-0.4, -0.2) is 35.6 Å². The summed E-state index contributed by atoms with van der Waals surface area (Å²) >= 11 is 0. The topological polar surface area (TPSA) is 104 Å². The van der Waals surface area contributed by atoms with Gasteiger partial charge in [-0.3, -0.25) is 9.59 Å². The molecular weight excluding hydrogens is 258 g/mol. The van der Waals surface area contributed by atoms with Crippen molar-refractivity contribution >= 4 is 17.5 Å². The molecule has 1 rings (SSSR count). The Bertz CT molecular complexity index is 467. The van der Waals surface area contributed by atoms with Gasteiger partial charge in [0.05, 0.1) is 18.7 Å². The van der Waals surface area contributed by atoms with E-state index in [1.54, 1.807) is 31.2 Å². The quantitative estimate of drug-likeness (QED) is 0.561. The highest BCUT2D eigenvalue weighted by molar-refractivity contribution is 5.96. The summed E-state index contributed by atoms with van der Waals surface area (Å²) in [5, 5.41) is 14.4. The summed E-state index contributed by atoms with van der Waals surface area (Å²) in [6, 6.07) is 6.42. The molecule has 0 bridgehead atoms. The molecule has 0 aromatic heterocycles. The normalized spacial score (nSPS) is 13.3. The minimum Gasteiger partial charge on any atom is -0.399 e. The van der Waals surface area contributed by atoms with Gasteiger partial charge in [0.1, 0.15) is 0 Å². The molecule has 0 aliphatic carbocycles. The van der Waals surface area contributed by atoms with Crippen LogP contribution < -0.4 is 16.4 Å². The molecule has 110 valence electrons. The van der Waals surface area contributed by atoms with Gasteiger partial charge in [-0.1, -0.05) is 6.92 Å². The maximum absolute atomic E-state index is 11.8. The van der Waals surface area contributed by atoms with Crippen molar-refractivity contribution in [2.45, 2.75) is 25.8 Å². The maximum Gasteiger partial charge on any atom is 0.251 e. The lowest BCUT2D eigenvalue weighted by atomic mass is 10.0. The van der Waals surface area contributed by atoms with E-state index in [0.29, 0.717) is 17.7 Å². The second kappa shape index (κ2) is 6.91. The lowest BCUT2D eigenvalue weighted by Gasteiger charge is -2.27. The Morgan fingerprint density at radius 1 is 1.30 bits per heavy atom. The molecule has 0 saturated carbocycles. The van der Waals surface area contributed by atoms with Crippen LogP contribution in [0, 0.1) is 0 Å². The lowest BCUT2D eigenvalue weighted by Crippen LogP contribution is -2.51. The minimum atomic E-state index is -0.664. The van der Waals surface area contributed by atoms with Crippen LogP contribution in [0.3, 0.4) is 0 Å². The number of carbonyl (C=O) groups excluding carboxylic acids is 2. The first kappa shape index (κ1) is 16.0. The minimum absolute atomic E-state index is 0.140. The number of benzene rings is 1. The van der Waals surface area contributed by atoms with Gasteiger partial charge < -0.3 is 21.5 Å². The molecule has 0 aliphatic heterocycles. The van der Waals surface area contributed by atoms with Gasteiger partial charge in [0.25, 0.3) is 5.91 Å². The van der Waals surface area contributed by atoms with Crippen molar-refractivity contribution in [1.29, 1.82) is 0 Å². The lowest BCUT2D eigenvalue weighted by molar-refractivity contribution is -0.122. The zero-order valence-corrected chi connectivity index (χ0v) is 11.8. The van der Waals surface area contributed by atoms with Crippen LogP contribution in [0.25, 0.3) is 0 Å². The number of hydrogen-bond acceptors (Lipinski definition) is 4. The summed E-state index contributed by atoms with van der Waals surface area (Å²) in [5.74, 6) is -0.686. The summed E-state index contributed by atoms with van der Waals surface area (Å²) in [6.45, 7) is 3.32.